The second kappa shape index (κ2) is 5.31. The van der Waals surface area contributed by atoms with Gasteiger partial charge in [-0.25, -0.2) is 9.78 Å². The Balaban J connectivity index is 1.85. The van der Waals surface area contributed by atoms with Crippen LogP contribution >= 0.6 is 0 Å². The zero-order valence-electron chi connectivity index (χ0n) is 10.5. The number of hydrogen-bond donors (Lipinski definition) is 0. The smallest absolute Gasteiger partial charge is 0.327 e. The van der Waals surface area contributed by atoms with Gasteiger partial charge in [-0.1, -0.05) is 0 Å². The van der Waals surface area contributed by atoms with Crippen LogP contribution in [0.1, 0.15) is 12.8 Å². The number of carbonyl (C=O) groups is 1. The highest BCUT2D eigenvalue weighted by atomic mass is 16.2. The molecule has 0 aliphatic carbocycles. The molecule has 5 nitrogen and oxygen atoms in total. The van der Waals surface area contributed by atoms with Crippen LogP contribution in [0.2, 0.25) is 0 Å². The number of aromatic nitrogens is 2. The molecule has 5 heteroatoms. The van der Waals surface area contributed by atoms with Crippen molar-refractivity contribution in [2.75, 3.05) is 33.7 Å². The minimum absolute atomic E-state index is 0.00132. The fourth-order valence-corrected chi connectivity index (χ4v) is 2.28. The Hall–Kier alpha value is -1.36. The Morgan fingerprint density at radius 3 is 2.76 bits per heavy atom. The van der Waals surface area contributed by atoms with Crippen LogP contribution in [0.4, 0.5) is 4.79 Å². The van der Waals surface area contributed by atoms with Gasteiger partial charge in [0, 0.05) is 26.0 Å². The molecule has 2 heterocycles. The van der Waals surface area contributed by atoms with Crippen LogP contribution in [0.5, 0.6) is 0 Å². The molecule has 0 saturated carbocycles. The molecule has 0 aromatic carbocycles. The fourth-order valence-electron chi connectivity index (χ4n) is 2.28. The van der Waals surface area contributed by atoms with Crippen LogP contribution in [0.3, 0.4) is 0 Å². The third-order valence-electron chi connectivity index (χ3n) is 3.42. The highest BCUT2D eigenvalue weighted by molar-refractivity contribution is 5.76. The van der Waals surface area contributed by atoms with Gasteiger partial charge in [0.1, 0.15) is 6.33 Å². The first-order chi connectivity index (χ1) is 8.16. The predicted octanol–water partition coefficient (Wildman–Crippen LogP) is 1.12. The number of likely N-dealkylation sites (tertiary alicyclic amines) is 1. The monoisotopic (exact) mass is 236 g/mol. The van der Waals surface area contributed by atoms with Crippen molar-refractivity contribution in [2.24, 2.45) is 5.92 Å². The molecule has 0 radical (unpaired) electrons. The molecule has 0 unspecified atom stereocenters. The molecule has 1 aromatic heterocycles. The van der Waals surface area contributed by atoms with Crippen LogP contribution in [-0.2, 0) is 0 Å². The quantitative estimate of drug-likeness (QED) is 0.773. The summed E-state index contributed by atoms with van der Waals surface area (Å²) >= 11 is 0. The van der Waals surface area contributed by atoms with Gasteiger partial charge in [-0.05, 0) is 38.9 Å². The number of nitrogens with zero attached hydrogens (tertiary/aromatic N) is 4. The van der Waals surface area contributed by atoms with Gasteiger partial charge in [-0.2, -0.15) is 0 Å². The normalized spacial score (nSPS) is 18.2. The average Bonchev–Trinajstić information content (AvgIpc) is 2.84. The Morgan fingerprint density at radius 2 is 2.18 bits per heavy atom. The predicted molar refractivity (Wildman–Crippen MR) is 65.9 cm³/mol. The second-order valence-corrected chi connectivity index (χ2v) is 4.88. The standard InChI is InChI=1S/C12H20N4O/c1-14-6-3-11(4-7-14)9-15(2)12(17)16-8-5-13-10-16/h5,8,10-11H,3-4,6-7,9H2,1-2H3. The lowest BCUT2D eigenvalue weighted by Gasteiger charge is -2.31. The van der Waals surface area contributed by atoms with Crippen molar-refractivity contribution in [3.8, 4) is 0 Å². The summed E-state index contributed by atoms with van der Waals surface area (Å²) in [7, 11) is 4.01. The van der Waals surface area contributed by atoms with Gasteiger partial charge in [-0.15, -0.1) is 0 Å². The van der Waals surface area contributed by atoms with Gasteiger partial charge in [0.2, 0.25) is 0 Å². The molecule has 0 spiro atoms. The van der Waals surface area contributed by atoms with Crippen molar-refractivity contribution in [1.29, 1.82) is 0 Å². The minimum Gasteiger partial charge on any atom is -0.327 e. The number of amides is 1. The molecule has 1 saturated heterocycles. The van der Waals surface area contributed by atoms with E-state index in [4.69, 9.17) is 0 Å². The SMILES string of the molecule is CN1CCC(CN(C)C(=O)n2ccnc2)CC1. The number of hydrogen-bond acceptors (Lipinski definition) is 3. The molecular weight excluding hydrogens is 216 g/mol. The van der Waals surface area contributed by atoms with E-state index >= 15 is 0 Å². The number of rotatable bonds is 2. The van der Waals surface area contributed by atoms with E-state index in [1.165, 1.54) is 17.4 Å². The van der Waals surface area contributed by atoms with E-state index in [0.29, 0.717) is 5.92 Å². The van der Waals surface area contributed by atoms with Crippen molar-refractivity contribution in [3.05, 3.63) is 18.7 Å². The van der Waals surface area contributed by atoms with Crippen LogP contribution in [0.15, 0.2) is 18.7 Å². The van der Waals surface area contributed by atoms with E-state index in [1.807, 2.05) is 7.05 Å². The maximum Gasteiger partial charge on any atom is 0.329 e. The molecule has 2 rings (SSSR count). The third-order valence-corrected chi connectivity index (χ3v) is 3.42. The molecule has 1 amide bonds. The van der Waals surface area contributed by atoms with Crippen molar-refractivity contribution < 1.29 is 4.79 Å². The summed E-state index contributed by atoms with van der Waals surface area (Å²) in [5.74, 6) is 0.628. The highest BCUT2D eigenvalue weighted by Gasteiger charge is 2.20. The van der Waals surface area contributed by atoms with Gasteiger partial charge in [-0.3, -0.25) is 4.57 Å². The zero-order valence-corrected chi connectivity index (χ0v) is 10.5. The van der Waals surface area contributed by atoms with Crippen LogP contribution < -0.4 is 0 Å². The summed E-state index contributed by atoms with van der Waals surface area (Å²) < 4.78 is 1.52. The highest BCUT2D eigenvalue weighted by Crippen LogP contribution is 2.17. The van der Waals surface area contributed by atoms with E-state index in [1.54, 1.807) is 23.6 Å². The summed E-state index contributed by atoms with van der Waals surface area (Å²) in [4.78, 5) is 20.0. The second-order valence-electron chi connectivity index (χ2n) is 4.88. The molecule has 0 atom stereocenters. The molecule has 1 fully saturated rings. The van der Waals surface area contributed by atoms with Crippen molar-refractivity contribution in [3.63, 3.8) is 0 Å². The first-order valence-corrected chi connectivity index (χ1v) is 6.09. The van der Waals surface area contributed by atoms with E-state index in [2.05, 4.69) is 16.9 Å². The first kappa shape index (κ1) is 12.1. The van der Waals surface area contributed by atoms with E-state index in [0.717, 1.165) is 19.6 Å². The molecule has 1 aromatic rings. The Bertz CT molecular complexity index is 355. The summed E-state index contributed by atoms with van der Waals surface area (Å²) in [5.41, 5.74) is 0. The summed E-state index contributed by atoms with van der Waals surface area (Å²) in [6, 6.07) is 0.00132. The van der Waals surface area contributed by atoms with Gasteiger partial charge in [0.25, 0.3) is 0 Å². The Labute approximate surface area is 102 Å². The van der Waals surface area contributed by atoms with Crippen molar-refractivity contribution in [1.82, 2.24) is 19.4 Å². The van der Waals surface area contributed by atoms with E-state index < -0.39 is 0 Å². The number of imidazole rings is 1. The van der Waals surface area contributed by atoms with Crippen molar-refractivity contribution >= 4 is 6.03 Å². The van der Waals surface area contributed by atoms with Gasteiger partial charge >= 0.3 is 6.03 Å². The maximum absolute atomic E-state index is 12.0. The Morgan fingerprint density at radius 1 is 1.47 bits per heavy atom. The van der Waals surface area contributed by atoms with Crippen molar-refractivity contribution in [2.45, 2.75) is 12.8 Å². The largest absolute Gasteiger partial charge is 0.329 e. The molecule has 17 heavy (non-hydrogen) atoms. The van der Waals surface area contributed by atoms with Gasteiger partial charge in [0.15, 0.2) is 0 Å². The zero-order chi connectivity index (χ0) is 12.3. The minimum atomic E-state index is 0.00132. The molecule has 0 bridgehead atoms. The average molecular weight is 236 g/mol. The van der Waals surface area contributed by atoms with Gasteiger partial charge in [0.05, 0.1) is 0 Å². The Kier molecular flexibility index (Phi) is 3.78. The lowest BCUT2D eigenvalue weighted by Crippen LogP contribution is -2.39. The third kappa shape index (κ3) is 3.06. The maximum atomic E-state index is 12.0. The molecule has 1 aliphatic rings. The molecule has 1 aliphatic heterocycles. The first-order valence-electron chi connectivity index (χ1n) is 6.09. The van der Waals surface area contributed by atoms with Crippen LogP contribution in [0.25, 0.3) is 0 Å². The summed E-state index contributed by atoms with van der Waals surface area (Å²) in [6.07, 6.45) is 7.22. The van der Waals surface area contributed by atoms with Crippen LogP contribution in [0, 0.1) is 5.92 Å². The lowest BCUT2D eigenvalue weighted by atomic mass is 9.97. The summed E-state index contributed by atoms with van der Waals surface area (Å²) in [5, 5.41) is 0. The van der Waals surface area contributed by atoms with E-state index in [9.17, 15) is 4.79 Å². The topological polar surface area (TPSA) is 41.4 Å². The number of piperidine rings is 1. The molecule has 0 N–H and O–H groups in total. The molecular formula is C12H20N4O. The fraction of sp³-hybridized carbons (Fsp3) is 0.667. The van der Waals surface area contributed by atoms with E-state index in [-0.39, 0.29) is 6.03 Å². The lowest BCUT2D eigenvalue weighted by molar-refractivity contribution is 0.171. The van der Waals surface area contributed by atoms with Crippen LogP contribution in [-0.4, -0.2) is 59.1 Å². The summed E-state index contributed by atoms with van der Waals surface area (Å²) in [6.45, 7) is 3.11. The number of carbonyl (C=O) groups excluding carboxylic acids is 1. The molecule has 94 valence electrons. The van der Waals surface area contributed by atoms with Gasteiger partial charge < -0.3 is 9.80 Å².